The van der Waals surface area contributed by atoms with Gasteiger partial charge >= 0.3 is 0 Å². The summed E-state index contributed by atoms with van der Waals surface area (Å²) in [5.41, 5.74) is 10.6. The van der Waals surface area contributed by atoms with Crippen molar-refractivity contribution in [1.29, 1.82) is 5.26 Å². The zero-order chi connectivity index (χ0) is 14.8. The molecule has 0 atom stereocenters. The van der Waals surface area contributed by atoms with Crippen LogP contribution in [-0.2, 0) is 6.42 Å². The van der Waals surface area contributed by atoms with Crippen LogP contribution in [0.5, 0.6) is 0 Å². The molecule has 1 heterocycles. The second kappa shape index (κ2) is 5.75. The van der Waals surface area contributed by atoms with Crippen LogP contribution in [0, 0.1) is 23.7 Å². The lowest BCUT2D eigenvalue weighted by Crippen LogP contribution is -2.22. The van der Waals surface area contributed by atoms with Gasteiger partial charge in [-0.15, -0.1) is 0 Å². The topological polar surface area (TPSA) is 53.0 Å². The molecule has 0 amide bonds. The van der Waals surface area contributed by atoms with Crippen molar-refractivity contribution in [1.82, 2.24) is 0 Å². The highest BCUT2D eigenvalue weighted by atomic mass is 15.1. The molecule has 0 aliphatic carbocycles. The molecule has 0 saturated carbocycles. The SMILES string of the molecule is Cc1cc2c(cc1N)N(CCCCC(C)(C)C#N)CC2. The van der Waals surface area contributed by atoms with Crippen molar-refractivity contribution in [3.05, 3.63) is 23.3 Å². The summed E-state index contributed by atoms with van der Waals surface area (Å²) in [5.74, 6) is 0. The third-order valence-electron chi connectivity index (χ3n) is 4.24. The number of nitrogens with two attached hydrogens (primary N) is 1. The Morgan fingerprint density at radius 2 is 2.10 bits per heavy atom. The third-order valence-corrected chi connectivity index (χ3v) is 4.24. The second-order valence-corrected chi connectivity index (χ2v) is 6.53. The normalized spacial score (nSPS) is 14.2. The van der Waals surface area contributed by atoms with Crippen LogP contribution < -0.4 is 10.6 Å². The maximum absolute atomic E-state index is 9.02. The Labute approximate surface area is 122 Å². The van der Waals surface area contributed by atoms with Crippen LogP contribution in [0.2, 0.25) is 0 Å². The number of anilines is 2. The molecule has 0 aromatic heterocycles. The molecule has 0 spiro atoms. The van der Waals surface area contributed by atoms with Crippen molar-refractivity contribution in [3.8, 4) is 6.07 Å². The van der Waals surface area contributed by atoms with E-state index in [-0.39, 0.29) is 5.41 Å². The molecule has 108 valence electrons. The highest BCUT2D eigenvalue weighted by Gasteiger charge is 2.20. The smallest absolute Gasteiger partial charge is 0.0683 e. The molecular formula is C17H25N3. The van der Waals surface area contributed by atoms with E-state index < -0.39 is 0 Å². The summed E-state index contributed by atoms with van der Waals surface area (Å²) in [6.07, 6.45) is 4.34. The number of benzene rings is 1. The molecule has 2 rings (SSSR count). The summed E-state index contributed by atoms with van der Waals surface area (Å²) >= 11 is 0. The predicted molar refractivity (Wildman–Crippen MR) is 84.8 cm³/mol. The van der Waals surface area contributed by atoms with Gasteiger partial charge in [-0.1, -0.05) is 12.5 Å². The Hall–Kier alpha value is -1.69. The van der Waals surface area contributed by atoms with Crippen LogP contribution in [0.25, 0.3) is 0 Å². The van der Waals surface area contributed by atoms with Crippen LogP contribution in [-0.4, -0.2) is 13.1 Å². The third kappa shape index (κ3) is 3.25. The molecule has 1 aromatic carbocycles. The van der Waals surface area contributed by atoms with E-state index in [9.17, 15) is 0 Å². The molecular weight excluding hydrogens is 246 g/mol. The molecule has 0 bridgehead atoms. The number of rotatable bonds is 5. The zero-order valence-electron chi connectivity index (χ0n) is 12.9. The van der Waals surface area contributed by atoms with Gasteiger partial charge in [-0.05, 0) is 57.2 Å². The van der Waals surface area contributed by atoms with Crippen LogP contribution in [0.1, 0.15) is 44.2 Å². The Balaban J connectivity index is 1.89. The average molecular weight is 271 g/mol. The highest BCUT2D eigenvalue weighted by molar-refractivity contribution is 5.67. The summed E-state index contributed by atoms with van der Waals surface area (Å²) in [5, 5.41) is 9.02. The molecule has 1 aromatic rings. The first-order valence-electron chi connectivity index (χ1n) is 7.48. The number of hydrogen-bond donors (Lipinski definition) is 1. The van der Waals surface area contributed by atoms with Crippen molar-refractivity contribution >= 4 is 11.4 Å². The van der Waals surface area contributed by atoms with E-state index >= 15 is 0 Å². The molecule has 0 unspecified atom stereocenters. The van der Waals surface area contributed by atoms with E-state index in [0.29, 0.717) is 0 Å². The van der Waals surface area contributed by atoms with E-state index in [1.807, 2.05) is 13.8 Å². The molecule has 0 radical (unpaired) electrons. The van der Waals surface area contributed by atoms with Gasteiger partial charge < -0.3 is 10.6 Å². The molecule has 1 aliphatic rings. The summed E-state index contributed by atoms with van der Waals surface area (Å²) < 4.78 is 0. The van der Waals surface area contributed by atoms with E-state index in [1.165, 1.54) is 16.8 Å². The maximum Gasteiger partial charge on any atom is 0.0683 e. The lowest BCUT2D eigenvalue weighted by molar-refractivity contribution is 0.427. The number of nitrogen functional groups attached to an aromatic ring is 1. The maximum atomic E-state index is 9.02. The first kappa shape index (κ1) is 14.7. The summed E-state index contributed by atoms with van der Waals surface area (Å²) in [6, 6.07) is 6.72. The van der Waals surface area contributed by atoms with Gasteiger partial charge in [0.1, 0.15) is 0 Å². The van der Waals surface area contributed by atoms with Gasteiger partial charge in [0.2, 0.25) is 0 Å². The summed E-state index contributed by atoms with van der Waals surface area (Å²) in [4.78, 5) is 2.44. The number of unbranched alkanes of at least 4 members (excludes halogenated alkanes) is 1. The van der Waals surface area contributed by atoms with Gasteiger partial charge in [-0.3, -0.25) is 0 Å². The van der Waals surface area contributed by atoms with Gasteiger partial charge in [-0.25, -0.2) is 0 Å². The van der Waals surface area contributed by atoms with Crippen LogP contribution >= 0.6 is 0 Å². The van der Waals surface area contributed by atoms with Crippen molar-refractivity contribution in [2.24, 2.45) is 5.41 Å². The standard InChI is InChI=1S/C17H25N3/c1-13-10-14-6-9-20(16(14)11-15(13)19)8-5-4-7-17(2,3)12-18/h10-11H,4-9,19H2,1-3H3. The quantitative estimate of drug-likeness (QED) is 0.657. The number of nitriles is 1. The fourth-order valence-corrected chi connectivity index (χ4v) is 2.80. The van der Waals surface area contributed by atoms with E-state index in [2.05, 4.69) is 30.0 Å². The van der Waals surface area contributed by atoms with Gasteiger partial charge in [0.05, 0.1) is 11.5 Å². The molecule has 0 fully saturated rings. The predicted octanol–water partition coefficient (Wildman–Crippen LogP) is 3.66. The Morgan fingerprint density at radius 3 is 2.80 bits per heavy atom. The lowest BCUT2D eigenvalue weighted by atomic mass is 9.89. The summed E-state index contributed by atoms with van der Waals surface area (Å²) in [6.45, 7) is 8.27. The molecule has 3 nitrogen and oxygen atoms in total. The number of fused-ring (bicyclic) bond motifs is 1. The minimum absolute atomic E-state index is 0.190. The van der Waals surface area contributed by atoms with Crippen LogP contribution in [0.15, 0.2) is 12.1 Å². The zero-order valence-corrected chi connectivity index (χ0v) is 12.9. The Bertz CT molecular complexity index is 526. The van der Waals surface area contributed by atoms with Gasteiger partial charge in [0, 0.05) is 24.5 Å². The Kier molecular flexibility index (Phi) is 4.23. The number of hydrogen-bond acceptors (Lipinski definition) is 3. The average Bonchev–Trinajstić information content (AvgIpc) is 2.78. The highest BCUT2D eigenvalue weighted by Crippen LogP contribution is 2.32. The molecule has 20 heavy (non-hydrogen) atoms. The molecule has 1 aliphatic heterocycles. The monoisotopic (exact) mass is 271 g/mol. The van der Waals surface area contributed by atoms with E-state index in [0.717, 1.165) is 44.5 Å². The van der Waals surface area contributed by atoms with E-state index in [4.69, 9.17) is 11.0 Å². The van der Waals surface area contributed by atoms with Crippen molar-refractivity contribution < 1.29 is 0 Å². The van der Waals surface area contributed by atoms with E-state index in [1.54, 1.807) is 0 Å². The largest absolute Gasteiger partial charge is 0.398 e. The molecule has 0 saturated heterocycles. The first-order chi connectivity index (χ1) is 9.43. The fourth-order valence-electron chi connectivity index (χ4n) is 2.80. The minimum atomic E-state index is -0.190. The van der Waals surface area contributed by atoms with Gasteiger partial charge in [-0.2, -0.15) is 5.26 Å². The summed E-state index contributed by atoms with van der Waals surface area (Å²) in [7, 11) is 0. The first-order valence-corrected chi connectivity index (χ1v) is 7.48. The van der Waals surface area contributed by atoms with Gasteiger partial charge in [0.25, 0.3) is 0 Å². The van der Waals surface area contributed by atoms with Crippen LogP contribution in [0.4, 0.5) is 11.4 Å². The Morgan fingerprint density at radius 1 is 1.35 bits per heavy atom. The molecule has 2 N–H and O–H groups in total. The molecule has 3 heteroatoms. The number of aryl methyl sites for hydroxylation is 1. The van der Waals surface area contributed by atoms with Crippen LogP contribution in [0.3, 0.4) is 0 Å². The number of nitrogens with zero attached hydrogens (tertiary/aromatic N) is 2. The van der Waals surface area contributed by atoms with Crippen molar-refractivity contribution in [2.45, 2.75) is 46.5 Å². The van der Waals surface area contributed by atoms with Crippen molar-refractivity contribution in [3.63, 3.8) is 0 Å². The van der Waals surface area contributed by atoms with Gasteiger partial charge in [0.15, 0.2) is 0 Å². The lowest BCUT2D eigenvalue weighted by Gasteiger charge is -2.21. The fraction of sp³-hybridized carbons (Fsp3) is 0.588. The van der Waals surface area contributed by atoms with Crippen molar-refractivity contribution in [2.75, 3.05) is 23.7 Å². The second-order valence-electron chi connectivity index (χ2n) is 6.53. The minimum Gasteiger partial charge on any atom is -0.398 e.